The fourth-order valence-electron chi connectivity index (χ4n) is 2.86. The molecule has 0 bridgehead atoms. The van der Waals surface area contributed by atoms with Crippen LogP contribution in [0.4, 0.5) is 13.2 Å². The number of aromatic nitrogens is 4. The number of hydrogen-bond donors (Lipinski definition) is 1. The van der Waals surface area contributed by atoms with Gasteiger partial charge < -0.3 is 10.1 Å². The normalized spacial score (nSPS) is 12.4. The fraction of sp³-hybridized carbons (Fsp3) is 0.300. The van der Waals surface area contributed by atoms with Crippen LogP contribution < -0.4 is 10.1 Å². The first-order valence-electron chi connectivity index (χ1n) is 9.44. The molecule has 0 aliphatic carbocycles. The number of nitrogens with one attached hydrogen (secondary N) is 1. The van der Waals surface area contributed by atoms with Crippen LogP contribution >= 0.6 is 11.8 Å². The molecule has 1 aromatic heterocycles. The van der Waals surface area contributed by atoms with Crippen LogP contribution in [-0.4, -0.2) is 44.8 Å². The van der Waals surface area contributed by atoms with Crippen LogP contribution in [0.15, 0.2) is 59.8 Å². The first kappa shape index (κ1) is 22.6. The number of carbonyl (C=O) groups excluding carboxylic acids is 1. The van der Waals surface area contributed by atoms with Crippen LogP contribution in [0.5, 0.6) is 5.75 Å². The van der Waals surface area contributed by atoms with Crippen molar-refractivity contribution in [3.05, 3.63) is 60.2 Å². The zero-order valence-electron chi connectivity index (χ0n) is 16.5. The maximum atomic E-state index is 12.3. The largest absolute Gasteiger partial charge is 0.573 e. The van der Waals surface area contributed by atoms with E-state index in [1.165, 1.54) is 34.5 Å². The zero-order valence-corrected chi connectivity index (χ0v) is 17.4. The van der Waals surface area contributed by atoms with E-state index in [2.05, 4.69) is 32.5 Å². The van der Waals surface area contributed by atoms with Crippen molar-refractivity contribution in [2.75, 3.05) is 12.3 Å². The smallest absolute Gasteiger partial charge is 0.406 e. The molecule has 11 heteroatoms. The number of hydrogen-bond acceptors (Lipinski definition) is 6. The van der Waals surface area contributed by atoms with Crippen LogP contribution in [0, 0.1) is 0 Å². The monoisotopic (exact) mass is 451 g/mol. The predicted octanol–water partition coefficient (Wildman–Crippen LogP) is 3.96. The molecule has 0 saturated heterocycles. The van der Waals surface area contributed by atoms with Gasteiger partial charge in [0, 0.05) is 12.5 Å². The summed E-state index contributed by atoms with van der Waals surface area (Å²) in [4.78, 5) is 12.3. The van der Waals surface area contributed by atoms with E-state index in [0.717, 1.165) is 18.2 Å². The summed E-state index contributed by atoms with van der Waals surface area (Å²) >= 11 is 1.13. The zero-order chi connectivity index (χ0) is 22.3. The van der Waals surface area contributed by atoms with Crippen molar-refractivity contribution in [3.8, 4) is 11.4 Å². The van der Waals surface area contributed by atoms with Crippen molar-refractivity contribution < 1.29 is 22.7 Å². The van der Waals surface area contributed by atoms with Gasteiger partial charge >= 0.3 is 6.36 Å². The Kier molecular flexibility index (Phi) is 7.50. The van der Waals surface area contributed by atoms with Gasteiger partial charge in [0.05, 0.1) is 11.4 Å². The van der Waals surface area contributed by atoms with Gasteiger partial charge in [-0.1, -0.05) is 49.0 Å². The number of benzene rings is 2. The van der Waals surface area contributed by atoms with E-state index in [-0.39, 0.29) is 23.3 Å². The van der Waals surface area contributed by atoms with Crippen molar-refractivity contribution >= 4 is 17.7 Å². The van der Waals surface area contributed by atoms with Crippen molar-refractivity contribution in [2.45, 2.75) is 30.8 Å². The van der Waals surface area contributed by atoms with Crippen LogP contribution in [0.3, 0.4) is 0 Å². The topological polar surface area (TPSA) is 81.9 Å². The molecule has 31 heavy (non-hydrogen) atoms. The molecule has 0 aliphatic heterocycles. The summed E-state index contributed by atoms with van der Waals surface area (Å²) in [6.07, 6.45) is -3.87. The summed E-state index contributed by atoms with van der Waals surface area (Å²) in [7, 11) is 0. The minimum absolute atomic E-state index is 0.0981. The molecular formula is C20H20F3N5O2S. The lowest BCUT2D eigenvalue weighted by atomic mass is 9.96. The Morgan fingerprint density at radius 2 is 1.87 bits per heavy atom. The second-order valence-corrected chi connectivity index (χ2v) is 7.47. The van der Waals surface area contributed by atoms with Gasteiger partial charge in [-0.15, -0.1) is 18.3 Å². The molecule has 0 spiro atoms. The fourth-order valence-corrected chi connectivity index (χ4v) is 3.58. The second-order valence-electron chi connectivity index (χ2n) is 6.52. The standard InChI is InChI=1S/C20H20F3N5O2S/c1-2-14(15-6-4-3-5-7-15)12-24-18(29)13-31-19-25-26-27-28(19)16-8-10-17(11-9-16)30-20(21,22)23/h3-11,14H,2,12-13H2,1H3,(H,24,29)/t14-/m1/s1. The minimum atomic E-state index is -4.76. The molecule has 0 aliphatic rings. The molecule has 1 amide bonds. The van der Waals surface area contributed by atoms with Gasteiger partial charge in [-0.2, -0.15) is 4.68 Å². The number of amides is 1. The van der Waals surface area contributed by atoms with Crippen LogP contribution in [0.25, 0.3) is 5.69 Å². The van der Waals surface area contributed by atoms with E-state index in [1.807, 2.05) is 30.3 Å². The van der Waals surface area contributed by atoms with Gasteiger partial charge in [-0.05, 0) is 46.7 Å². The van der Waals surface area contributed by atoms with Crippen LogP contribution in [0.1, 0.15) is 24.8 Å². The predicted molar refractivity (Wildman–Crippen MR) is 109 cm³/mol. The summed E-state index contributed by atoms with van der Waals surface area (Å²) < 4.78 is 42.1. The van der Waals surface area contributed by atoms with Crippen LogP contribution in [0.2, 0.25) is 0 Å². The van der Waals surface area contributed by atoms with Crippen molar-refractivity contribution in [1.82, 2.24) is 25.5 Å². The van der Waals surface area contributed by atoms with Crippen molar-refractivity contribution in [3.63, 3.8) is 0 Å². The highest BCUT2D eigenvalue weighted by Gasteiger charge is 2.31. The number of halogens is 3. The lowest BCUT2D eigenvalue weighted by Crippen LogP contribution is -2.29. The molecule has 0 fully saturated rings. The number of tetrazole rings is 1. The molecule has 0 radical (unpaired) electrons. The minimum Gasteiger partial charge on any atom is -0.406 e. The average Bonchev–Trinajstić information content (AvgIpc) is 3.21. The van der Waals surface area contributed by atoms with Crippen molar-refractivity contribution in [2.24, 2.45) is 0 Å². The number of thioether (sulfide) groups is 1. The quantitative estimate of drug-likeness (QED) is 0.496. The van der Waals surface area contributed by atoms with E-state index in [0.29, 0.717) is 17.4 Å². The van der Waals surface area contributed by atoms with Gasteiger partial charge in [0.1, 0.15) is 5.75 Å². The SMILES string of the molecule is CC[C@H](CNC(=O)CSc1nnnn1-c1ccc(OC(F)(F)F)cc1)c1ccccc1. The Balaban J connectivity index is 1.55. The molecule has 7 nitrogen and oxygen atoms in total. The summed E-state index contributed by atoms with van der Waals surface area (Å²) in [6.45, 7) is 2.59. The molecule has 3 rings (SSSR count). The summed E-state index contributed by atoms with van der Waals surface area (Å²) in [5.74, 6) is -0.191. The lowest BCUT2D eigenvalue weighted by molar-refractivity contribution is -0.274. The maximum absolute atomic E-state index is 12.3. The number of ether oxygens (including phenoxy) is 1. The number of carbonyl (C=O) groups is 1. The first-order valence-corrected chi connectivity index (χ1v) is 10.4. The van der Waals surface area contributed by atoms with E-state index < -0.39 is 6.36 Å². The molecule has 1 N–H and O–H groups in total. The molecule has 3 aromatic rings. The Labute approximate surface area is 181 Å². The van der Waals surface area contributed by atoms with E-state index in [9.17, 15) is 18.0 Å². The Bertz CT molecular complexity index is 980. The molecule has 0 unspecified atom stereocenters. The Morgan fingerprint density at radius 3 is 2.52 bits per heavy atom. The maximum Gasteiger partial charge on any atom is 0.573 e. The van der Waals surface area contributed by atoms with Crippen LogP contribution in [-0.2, 0) is 4.79 Å². The molecule has 1 heterocycles. The average molecular weight is 451 g/mol. The molecule has 164 valence electrons. The summed E-state index contributed by atoms with van der Waals surface area (Å²) in [6, 6.07) is 15.1. The summed E-state index contributed by atoms with van der Waals surface area (Å²) in [5.41, 5.74) is 1.61. The van der Waals surface area contributed by atoms with Gasteiger partial charge in [-0.3, -0.25) is 4.79 Å². The van der Waals surface area contributed by atoms with Gasteiger partial charge in [0.15, 0.2) is 0 Å². The second kappa shape index (κ2) is 10.3. The molecule has 2 aromatic carbocycles. The molecule has 0 saturated carbocycles. The van der Waals surface area contributed by atoms with Crippen molar-refractivity contribution in [1.29, 1.82) is 0 Å². The highest BCUT2D eigenvalue weighted by Crippen LogP contribution is 2.25. The number of alkyl halides is 3. The third-order valence-corrected chi connectivity index (χ3v) is 5.32. The molecular weight excluding hydrogens is 431 g/mol. The van der Waals surface area contributed by atoms with E-state index >= 15 is 0 Å². The third kappa shape index (κ3) is 6.71. The number of nitrogens with zero attached hydrogens (tertiary/aromatic N) is 4. The lowest BCUT2D eigenvalue weighted by Gasteiger charge is -2.16. The summed E-state index contributed by atoms with van der Waals surface area (Å²) in [5, 5.41) is 14.6. The third-order valence-electron chi connectivity index (χ3n) is 4.40. The van der Waals surface area contributed by atoms with E-state index in [1.54, 1.807) is 0 Å². The van der Waals surface area contributed by atoms with E-state index in [4.69, 9.17) is 0 Å². The van der Waals surface area contributed by atoms with Gasteiger partial charge in [0.2, 0.25) is 11.1 Å². The Morgan fingerprint density at radius 1 is 1.16 bits per heavy atom. The highest BCUT2D eigenvalue weighted by molar-refractivity contribution is 7.99. The number of rotatable bonds is 9. The highest BCUT2D eigenvalue weighted by atomic mass is 32.2. The molecule has 1 atom stereocenters. The van der Waals surface area contributed by atoms with Gasteiger partial charge in [0.25, 0.3) is 0 Å². The Hall–Kier alpha value is -3.08. The van der Waals surface area contributed by atoms with Gasteiger partial charge in [-0.25, -0.2) is 0 Å². The first-order chi connectivity index (χ1) is 14.9.